The average Bonchev–Trinajstić information content (AvgIpc) is 2.81. The summed E-state index contributed by atoms with van der Waals surface area (Å²) in [5.41, 5.74) is 2.60. The van der Waals surface area contributed by atoms with Gasteiger partial charge >= 0.3 is 0 Å². The van der Waals surface area contributed by atoms with E-state index in [9.17, 15) is 14.4 Å². The molecule has 0 atom stereocenters. The number of carbonyl (C=O) groups excluding carboxylic acids is 3. The summed E-state index contributed by atoms with van der Waals surface area (Å²) in [5, 5.41) is 8.75. The second-order valence-corrected chi connectivity index (χ2v) is 8.97. The number of nitrogens with one attached hydrogen (secondary N) is 3. The van der Waals surface area contributed by atoms with Gasteiger partial charge in [-0.3, -0.25) is 14.4 Å². The Morgan fingerprint density at radius 2 is 1.41 bits per heavy atom. The number of nitrogens with zero attached hydrogens (tertiary/aromatic N) is 1. The van der Waals surface area contributed by atoms with E-state index in [1.165, 1.54) is 0 Å². The van der Waals surface area contributed by atoms with Gasteiger partial charge in [-0.25, -0.2) is 0 Å². The van der Waals surface area contributed by atoms with E-state index >= 15 is 0 Å². The Balaban J connectivity index is 1.59. The van der Waals surface area contributed by atoms with Crippen LogP contribution in [0.4, 0.5) is 17.1 Å². The van der Waals surface area contributed by atoms with E-state index in [0.29, 0.717) is 22.5 Å². The van der Waals surface area contributed by atoms with E-state index in [2.05, 4.69) is 16.0 Å². The molecule has 34 heavy (non-hydrogen) atoms. The molecule has 3 amide bonds. The number of rotatable bonds is 7. The summed E-state index contributed by atoms with van der Waals surface area (Å²) < 4.78 is 0. The lowest BCUT2D eigenvalue weighted by Crippen LogP contribution is -2.40. The molecule has 3 N–H and O–H groups in total. The summed E-state index contributed by atoms with van der Waals surface area (Å²) >= 11 is 0. The van der Waals surface area contributed by atoms with Gasteiger partial charge in [0, 0.05) is 40.8 Å². The molecule has 7 heteroatoms. The lowest BCUT2D eigenvalue weighted by molar-refractivity contribution is -0.114. The molecule has 3 rings (SSSR count). The lowest BCUT2D eigenvalue weighted by Gasteiger charge is -2.20. The van der Waals surface area contributed by atoms with Gasteiger partial charge in [0.25, 0.3) is 11.8 Å². The molecule has 0 aliphatic carbocycles. The van der Waals surface area contributed by atoms with Crippen molar-refractivity contribution in [2.75, 3.05) is 29.1 Å². The van der Waals surface area contributed by atoms with Crippen LogP contribution in [0.5, 0.6) is 0 Å². The fourth-order valence-electron chi connectivity index (χ4n) is 3.26. The number of hydrogen-bond acceptors (Lipinski definition) is 4. The summed E-state index contributed by atoms with van der Waals surface area (Å²) in [5.74, 6) is -0.626. The predicted octanol–water partition coefficient (Wildman–Crippen LogP) is 4.54. The zero-order valence-corrected chi connectivity index (χ0v) is 19.9. The van der Waals surface area contributed by atoms with Gasteiger partial charge in [-0.05, 0) is 69.3 Å². The van der Waals surface area contributed by atoms with Gasteiger partial charge in [-0.2, -0.15) is 0 Å². The second-order valence-electron chi connectivity index (χ2n) is 8.97. The largest absolute Gasteiger partial charge is 0.376 e. The van der Waals surface area contributed by atoms with Crippen molar-refractivity contribution in [3.8, 4) is 0 Å². The Morgan fingerprint density at radius 3 is 2.09 bits per heavy atom. The third-order valence-corrected chi connectivity index (χ3v) is 4.91. The van der Waals surface area contributed by atoms with Crippen molar-refractivity contribution in [1.29, 1.82) is 0 Å². The molecular weight excluding hydrogens is 428 g/mol. The molecule has 0 aliphatic heterocycles. The van der Waals surface area contributed by atoms with Crippen LogP contribution in [0.15, 0.2) is 78.9 Å². The molecule has 0 unspecified atom stereocenters. The summed E-state index contributed by atoms with van der Waals surface area (Å²) in [6.07, 6.45) is 0. The van der Waals surface area contributed by atoms with Crippen LogP contribution in [-0.4, -0.2) is 36.9 Å². The highest BCUT2D eigenvalue weighted by molar-refractivity contribution is 6.06. The highest BCUT2D eigenvalue weighted by atomic mass is 16.2. The quantitative estimate of drug-likeness (QED) is 0.485. The number of para-hydroxylation sites is 1. The number of benzene rings is 3. The van der Waals surface area contributed by atoms with E-state index in [1.807, 2.05) is 51.1 Å². The highest BCUT2D eigenvalue weighted by Gasteiger charge is 2.16. The SMILES string of the molecule is CN(C(=O)c1cccc(NC(=O)CNc2cccc(C(=O)NC(C)(C)C)c2)c1)c1ccccc1. The maximum absolute atomic E-state index is 12.8. The van der Waals surface area contributed by atoms with E-state index < -0.39 is 0 Å². The van der Waals surface area contributed by atoms with Crippen LogP contribution in [0.1, 0.15) is 41.5 Å². The normalized spacial score (nSPS) is 10.8. The van der Waals surface area contributed by atoms with Gasteiger partial charge in [0.1, 0.15) is 0 Å². The molecule has 0 bridgehead atoms. The monoisotopic (exact) mass is 458 g/mol. The first-order chi connectivity index (χ1) is 16.1. The molecule has 7 nitrogen and oxygen atoms in total. The standard InChI is InChI=1S/C27H30N4O3/c1-27(2,3)30-25(33)19-10-8-12-21(16-19)28-18-24(32)29-22-13-9-11-20(17-22)26(34)31(4)23-14-6-5-7-15-23/h5-17,28H,18H2,1-4H3,(H,29,32)(H,30,33). The Morgan fingerprint density at radius 1 is 0.794 bits per heavy atom. The van der Waals surface area contributed by atoms with Crippen LogP contribution in [-0.2, 0) is 4.79 Å². The van der Waals surface area contributed by atoms with Crippen molar-refractivity contribution in [3.63, 3.8) is 0 Å². The average molecular weight is 459 g/mol. The fourth-order valence-corrected chi connectivity index (χ4v) is 3.26. The van der Waals surface area contributed by atoms with Crippen molar-refractivity contribution in [1.82, 2.24) is 5.32 Å². The van der Waals surface area contributed by atoms with Crippen LogP contribution in [0, 0.1) is 0 Å². The van der Waals surface area contributed by atoms with E-state index in [-0.39, 0.29) is 29.8 Å². The Kier molecular flexibility index (Phi) is 7.68. The van der Waals surface area contributed by atoms with Crippen LogP contribution in [0.3, 0.4) is 0 Å². The molecule has 3 aromatic rings. The van der Waals surface area contributed by atoms with Crippen molar-refractivity contribution in [3.05, 3.63) is 90.0 Å². The summed E-state index contributed by atoms with van der Waals surface area (Å²) in [6, 6.07) is 23.1. The topological polar surface area (TPSA) is 90.5 Å². The molecular formula is C27H30N4O3. The Labute approximate surface area is 200 Å². The van der Waals surface area contributed by atoms with Crippen molar-refractivity contribution in [2.45, 2.75) is 26.3 Å². The molecule has 0 spiro atoms. The first-order valence-corrected chi connectivity index (χ1v) is 11.0. The fraction of sp³-hybridized carbons (Fsp3) is 0.222. The minimum atomic E-state index is -0.341. The van der Waals surface area contributed by atoms with Crippen LogP contribution in [0.25, 0.3) is 0 Å². The van der Waals surface area contributed by atoms with E-state index in [4.69, 9.17) is 0 Å². The number of carbonyl (C=O) groups is 3. The predicted molar refractivity (Wildman–Crippen MR) is 136 cm³/mol. The van der Waals surface area contributed by atoms with E-state index in [0.717, 1.165) is 5.69 Å². The number of hydrogen-bond donors (Lipinski definition) is 3. The molecule has 0 saturated carbocycles. The van der Waals surface area contributed by atoms with Gasteiger partial charge in [0.15, 0.2) is 0 Å². The molecule has 0 saturated heterocycles. The van der Waals surface area contributed by atoms with Gasteiger partial charge in [-0.15, -0.1) is 0 Å². The zero-order chi connectivity index (χ0) is 24.7. The van der Waals surface area contributed by atoms with Gasteiger partial charge < -0.3 is 20.9 Å². The first-order valence-electron chi connectivity index (χ1n) is 11.0. The minimum Gasteiger partial charge on any atom is -0.376 e. The highest BCUT2D eigenvalue weighted by Crippen LogP contribution is 2.18. The molecule has 0 aliphatic rings. The van der Waals surface area contributed by atoms with Gasteiger partial charge in [-0.1, -0.05) is 30.3 Å². The molecule has 176 valence electrons. The van der Waals surface area contributed by atoms with Crippen molar-refractivity contribution >= 4 is 34.8 Å². The summed E-state index contributed by atoms with van der Waals surface area (Å²) in [6.45, 7) is 5.76. The van der Waals surface area contributed by atoms with E-state index in [1.54, 1.807) is 60.5 Å². The molecule has 0 heterocycles. The third kappa shape index (κ3) is 6.93. The first kappa shape index (κ1) is 24.5. The maximum atomic E-state index is 12.8. The second kappa shape index (κ2) is 10.7. The smallest absolute Gasteiger partial charge is 0.258 e. The van der Waals surface area contributed by atoms with Crippen LogP contribution in [0.2, 0.25) is 0 Å². The van der Waals surface area contributed by atoms with Crippen molar-refractivity contribution in [2.24, 2.45) is 0 Å². The lowest BCUT2D eigenvalue weighted by atomic mass is 10.1. The Bertz CT molecular complexity index is 1170. The maximum Gasteiger partial charge on any atom is 0.258 e. The number of amides is 3. The van der Waals surface area contributed by atoms with Gasteiger partial charge in [0.05, 0.1) is 6.54 Å². The van der Waals surface area contributed by atoms with Crippen molar-refractivity contribution < 1.29 is 14.4 Å². The summed E-state index contributed by atoms with van der Waals surface area (Å²) in [7, 11) is 1.71. The molecule has 3 aromatic carbocycles. The number of anilines is 3. The Hall–Kier alpha value is -4.13. The third-order valence-electron chi connectivity index (χ3n) is 4.91. The molecule has 0 fully saturated rings. The van der Waals surface area contributed by atoms with Crippen LogP contribution >= 0.6 is 0 Å². The van der Waals surface area contributed by atoms with Crippen LogP contribution < -0.4 is 20.9 Å². The molecule has 0 radical (unpaired) electrons. The summed E-state index contributed by atoms with van der Waals surface area (Å²) in [4.78, 5) is 39.2. The minimum absolute atomic E-state index is 0.00638. The molecule has 0 aromatic heterocycles. The van der Waals surface area contributed by atoms with Gasteiger partial charge in [0.2, 0.25) is 5.91 Å². The zero-order valence-electron chi connectivity index (χ0n) is 19.9.